The molecule has 0 saturated heterocycles. The third-order valence-electron chi connectivity index (χ3n) is 16.0. The van der Waals surface area contributed by atoms with Crippen LogP contribution in [0.4, 0.5) is 0 Å². The molecule has 504 valence electrons. The van der Waals surface area contributed by atoms with E-state index in [0.717, 1.165) is 109 Å². The number of likely N-dealkylation sites (N-methyl/N-ethyl adjacent to an activating group) is 1. The summed E-state index contributed by atoms with van der Waals surface area (Å²) < 4.78 is 30.4. The Balaban J connectivity index is 4.99. The van der Waals surface area contributed by atoms with Crippen LogP contribution < -0.4 is 10.2 Å². The second-order valence-electron chi connectivity index (χ2n) is 25.7. The molecule has 0 radical (unpaired) electrons. The lowest BCUT2D eigenvalue weighted by Gasteiger charge is -2.30. The number of carbonyl (C=O) groups is 2. The minimum absolute atomic E-state index is 0.0276. The van der Waals surface area contributed by atoms with Crippen molar-refractivity contribution < 1.29 is 37.3 Å². The summed E-state index contributed by atoms with van der Waals surface area (Å²) in [4.78, 5) is 40.2. The number of hydrogen-bond acceptors (Lipinski definition) is 7. The van der Waals surface area contributed by atoms with E-state index in [0.29, 0.717) is 17.4 Å². The van der Waals surface area contributed by atoms with Gasteiger partial charge in [0, 0.05) is 12.8 Å². The highest BCUT2D eigenvalue weighted by Gasteiger charge is 2.27. The standard InChI is InChI=1S/C77H139N2O7P/c1-7-10-13-16-19-22-25-27-29-31-33-35-37-38-39-40-42-44-46-48-50-52-55-58-61-64-67-70-77(81)86-75(68-65-62-59-56-53-24-21-18-15-12-9-3)74(73-85-87(82,83)84-72-71-79(4,5)6)78-76(80)69-66-63-60-57-54-51-49-47-45-43-41-36-34-32-30-28-26-23-20-17-14-11-8-2/h11,14,19-20,22-23,27-30,34,36,43,45,65,68,74-75H,7-10,12-13,15-18,21,24-26,31-33,35,37-42,44,46-64,66-67,69-73H2,1-6H3,(H-,78,80,82,83)/b14-11-,22-19-,23-20-,29-27-,30-28-,36-34-,45-43-,68-65+. The molecule has 3 unspecified atom stereocenters. The first-order valence-corrected chi connectivity index (χ1v) is 38.0. The van der Waals surface area contributed by atoms with Crippen molar-refractivity contribution in [3.05, 3.63) is 97.2 Å². The number of nitrogens with one attached hydrogen (secondary N) is 1. The number of unbranched alkanes of at least 4 members (excludes halogenated alkanes) is 36. The molecular formula is C77H139N2O7P. The van der Waals surface area contributed by atoms with Gasteiger partial charge in [0.2, 0.25) is 5.91 Å². The Labute approximate surface area is 538 Å². The van der Waals surface area contributed by atoms with Crippen molar-refractivity contribution in [1.82, 2.24) is 5.32 Å². The van der Waals surface area contributed by atoms with Gasteiger partial charge >= 0.3 is 5.97 Å². The van der Waals surface area contributed by atoms with Crippen molar-refractivity contribution in [2.75, 3.05) is 40.9 Å². The number of esters is 1. The molecule has 0 heterocycles. The number of phosphoric acid groups is 1. The van der Waals surface area contributed by atoms with Crippen molar-refractivity contribution in [1.29, 1.82) is 0 Å². The van der Waals surface area contributed by atoms with E-state index >= 15 is 0 Å². The molecule has 0 bridgehead atoms. The predicted molar refractivity (Wildman–Crippen MR) is 376 cm³/mol. The van der Waals surface area contributed by atoms with Gasteiger partial charge in [-0.15, -0.1) is 0 Å². The van der Waals surface area contributed by atoms with Crippen LogP contribution in [0.3, 0.4) is 0 Å². The van der Waals surface area contributed by atoms with Crippen molar-refractivity contribution >= 4 is 19.7 Å². The number of ether oxygens (including phenoxy) is 1. The molecule has 0 aromatic heterocycles. The highest BCUT2D eigenvalue weighted by Crippen LogP contribution is 2.38. The van der Waals surface area contributed by atoms with E-state index in [1.807, 2.05) is 33.3 Å². The van der Waals surface area contributed by atoms with E-state index in [2.05, 4.69) is 111 Å². The zero-order chi connectivity index (χ0) is 63.5. The minimum atomic E-state index is -4.71. The molecule has 3 atom stereocenters. The maximum absolute atomic E-state index is 13.6. The van der Waals surface area contributed by atoms with Crippen molar-refractivity contribution in [3.8, 4) is 0 Å². The summed E-state index contributed by atoms with van der Waals surface area (Å²) in [6.45, 7) is 6.72. The molecule has 87 heavy (non-hydrogen) atoms. The van der Waals surface area contributed by atoms with E-state index in [1.54, 1.807) is 0 Å². The molecule has 0 rings (SSSR count). The molecule has 0 saturated carbocycles. The SMILES string of the molecule is CC/C=C\C/C=C\C/C=C\C/C=C\C/C=C\CCCCCCCCCC(=O)NC(COP(=O)([O-])OCC[N+](C)(C)C)C(/C=C/CCCCCCCCCCC)OC(=O)CCCCCCCCCCCCCCCCCCC/C=C\C/C=C\CCCCC. The van der Waals surface area contributed by atoms with Crippen LogP contribution in [0.2, 0.25) is 0 Å². The number of hydrogen-bond donors (Lipinski definition) is 1. The quantitative estimate of drug-likeness (QED) is 0.0212. The van der Waals surface area contributed by atoms with Gasteiger partial charge in [0.1, 0.15) is 19.3 Å². The van der Waals surface area contributed by atoms with Crippen LogP contribution in [0.25, 0.3) is 0 Å². The number of carbonyl (C=O) groups excluding carboxylic acids is 2. The molecule has 0 aliphatic rings. The molecule has 1 N–H and O–H groups in total. The monoisotopic (exact) mass is 1240 g/mol. The summed E-state index contributed by atoms with van der Waals surface area (Å²) in [5.41, 5.74) is 0. The molecule has 10 heteroatoms. The fourth-order valence-corrected chi connectivity index (χ4v) is 11.1. The van der Waals surface area contributed by atoms with E-state index < -0.39 is 26.6 Å². The molecule has 0 aromatic carbocycles. The molecule has 0 fully saturated rings. The van der Waals surface area contributed by atoms with Crippen LogP contribution in [-0.4, -0.2) is 69.4 Å². The summed E-state index contributed by atoms with van der Waals surface area (Å²) in [6, 6.07) is -0.899. The number of allylic oxidation sites excluding steroid dienone is 15. The van der Waals surface area contributed by atoms with Gasteiger partial charge in [0.15, 0.2) is 0 Å². The first-order chi connectivity index (χ1) is 42.4. The average molecular weight is 1240 g/mol. The lowest BCUT2D eigenvalue weighted by Crippen LogP contribution is -2.47. The van der Waals surface area contributed by atoms with Gasteiger partial charge in [-0.25, -0.2) is 0 Å². The number of rotatable bonds is 66. The fourth-order valence-electron chi connectivity index (χ4n) is 10.4. The Bertz CT molecular complexity index is 1810. The topological polar surface area (TPSA) is 114 Å². The fraction of sp³-hybridized carbons (Fsp3) is 0.766. The Morgan fingerprint density at radius 1 is 0.414 bits per heavy atom. The van der Waals surface area contributed by atoms with E-state index in [4.69, 9.17) is 13.8 Å². The highest BCUT2D eigenvalue weighted by molar-refractivity contribution is 7.45. The van der Waals surface area contributed by atoms with Crippen molar-refractivity contribution in [2.24, 2.45) is 0 Å². The normalized spacial score (nSPS) is 14.1. The van der Waals surface area contributed by atoms with Crippen LogP contribution in [-0.2, 0) is 27.9 Å². The van der Waals surface area contributed by atoms with Crippen LogP contribution in [0, 0.1) is 0 Å². The van der Waals surface area contributed by atoms with E-state index in [9.17, 15) is 19.0 Å². The van der Waals surface area contributed by atoms with Gasteiger partial charge in [-0.2, -0.15) is 0 Å². The van der Waals surface area contributed by atoms with Gasteiger partial charge in [0.25, 0.3) is 7.82 Å². The van der Waals surface area contributed by atoms with Gasteiger partial charge in [-0.1, -0.05) is 305 Å². The Kier molecular flexibility index (Phi) is 63.5. The zero-order valence-electron chi connectivity index (χ0n) is 57.7. The molecule has 1 amide bonds. The van der Waals surface area contributed by atoms with E-state index in [1.165, 1.54) is 186 Å². The third-order valence-corrected chi connectivity index (χ3v) is 17.0. The molecule has 0 aromatic rings. The first kappa shape index (κ1) is 83.9. The number of nitrogens with zero attached hydrogens (tertiary/aromatic N) is 1. The lowest BCUT2D eigenvalue weighted by atomic mass is 10.0. The molecule has 0 aliphatic carbocycles. The molecule has 0 aliphatic heterocycles. The third kappa shape index (κ3) is 67.2. The predicted octanol–water partition coefficient (Wildman–Crippen LogP) is 22.8. The van der Waals surface area contributed by atoms with Gasteiger partial charge in [-0.3, -0.25) is 14.2 Å². The van der Waals surface area contributed by atoms with Crippen LogP contribution in [0.1, 0.15) is 329 Å². The van der Waals surface area contributed by atoms with Gasteiger partial charge in [0.05, 0.1) is 33.8 Å². The summed E-state index contributed by atoms with van der Waals surface area (Å²) in [5, 5.41) is 3.04. The Hall–Kier alpha value is -3.07. The van der Waals surface area contributed by atoms with Crippen LogP contribution in [0.5, 0.6) is 0 Å². The highest BCUT2D eigenvalue weighted by atomic mass is 31.2. The maximum atomic E-state index is 13.6. The first-order valence-electron chi connectivity index (χ1n) is 36.5. The van der Waals surface area contributed by atoms with Crippen molar-refractivity contribution in [3.63, 3.8) is 0 Å². The molecule has 0 spiro atoms. The summed E-state index contributed by atoms with van der Waals surface area (Å²) >= 11 is 0. The average Bonchev–Trinajstić information content (AvgIpc) is 3.70. The van der Waals surface area contributed by atoms with Gasteiger partial charge < -0.3 is 28.5 Å². The summed E-state index contributed by atoms with van der Waals surface area (Å²) in [7, 11) is 1.18. The second-order valence-corrected chi connectivity index (χ2v) is 27.1. The summed E-state index contributed by atoms with van der Waals surface area (Å²) in [5.74, 6) is -0.548. The Morgan fingerprint density at radius 2 is 0.736 bits per heavy atom. The number of amides is 1. The number of phosphoric ester groups is 1. The van der Waals surface area contributed by atoms with Gasteiger partial charge in [-0.05, 0) is 109 Å². The Morgan fingerprint density at radius 3 is 1.13 bits per heavy atom. The van der Waals surface area contributed by atoms with Crippen LogP contribution >= 0.6 is 7.82 Å². The smallest absolute Gasteiger partial charge is 0.306 e. The summed E-state index contributed by atoms with van der Waals surface area (Å²) in [6.07, 6.45) is 89.7. The van der Waals surface area contributed by atoms with Crippen molar-refractivity contribution in [2.45, 2.75) is 341 Å². The lowest BCUT2D eigenvalue weighted by molar-refractivity contribution is -0.870. The molecule has 9 nitrogen and oxygen atoms in total. The largest absolute Gasteiger partial charge is 0.756 e. The molecular weight excluding hydrogens is 1100 g/mol. The van der Waals surface area contributed by atoms with Crippen LogP contribution in [0.15, 0.2) is 97.2 Å². The zero-order valence-corrected chi connectivity index (χ0v) is 58.6. The maximum Gasteiger partial charge on any atom is 0.306 e. The second kappa shape index (κ2) is 65.9. The number of quaternary nitrogens is 1. The minimum Gasteiger partial charge on any atom is -0.756 e. The van der Waals surface area contributed by atoms with E-state index in [-0.39, 0.29) is 24.9 Å².